The number of carbonyl (C=O) groups excluding carboxylic acids is 1. The fourth-order valence-electron chi connectivity index (χ4n) is 2.96. The molecule has 1 aliphatic rings. The molecule has 1 aliphatic carbocycles. The monoisotopic (exact) mass is 340 g/mol. The molecular formula is C18H20N4OS. The molecule has 0 bridgehead atoms. The van der Waals surface area contributed by atoms with Gasteiger partial charge in [0.25, 0.3) is 0 Å². The van der Waals surface area contributed by atoms with Gasteiger partial charge in [-0.05, 0) is 37.1 Å². The smallest absolute Gasteiger partial charge is 0.244 e. The number of benzene rings is 1. The summed E-state index contributed by atoms with van der Waals surface area (Å²) in [6.45, 7) is 0. The second-order valence-electron chi connectivity index (χ2n) is 6.16. The van der Waals surface area contributed by atoms with Crippen LogP contribution in [0.3, 0.4) is 0 Å². The molecule has 3 rings (SSSR count). The maximum absolute atomic E-state index is 12.6. The van der Waals surface area contributed by atoms with Crippen LogP contribution in [-0.2, 0) is 11.8 Å². The zero-order valence-corrected chi connectivity index (χ0v) is 14.5. The van der Waals surface area contributed by atoms with Crippen LogP contribution in [0.15, 0.2) is 46.7 Å². The van der Waals surface area contributed by atoms with Gasteiger partial charge in [-0.25, -0.2) is 4.98 Å². The van der Waals surface area contributed by atoms with Crippen molar-refractivity contribution < 1.29 is 4.79 Å². The van der Waals surface area contributed by atoms with Crippen molar-refractivity contribution in [3.8, 4) is 6.07 Å². The lowest BCUT2D eigenvalue weighted by atomic mass is 9.74. The summed E-state index contributed by atoms with van der Waals surface area (Å²) in [7, 11) is 1.95. The molecule has 0 unspecified atom stereocenters. The van der Waals surface area contributed by atoms with Crippen LogP contribution in [0.2, 0.25) is 0 Å². The van der Waals surface area contributed by atoms with E-state index in [-0.39, 0.29) is 5.91 Å². The maximum Gasteiger partial charge on any atom is 0.244 e. The predicted octanol–water partition coefficient (Wildman–Crippen LogP) is 3.98. The third-order valence-corrected chi connectivity index (χ3v) is 5.54. The number of carbonyl (C=O) groups is 1. The van der Waals surface area contributed by atoms with Gasteiger partial charge in [-0.3, -0.25) is 4.79 Å². The van der Waals surface area contributed by atoms with Crippen LogP contribution in [-0.4, -0.2) is 15.5 Å². The van der Waals surface area contributed by atoms with Gasteiger partial charge in [-0.2, -0.15) is 5.26 Å². The van der Waals surface area contributed by atoms with E-state index < -0.39 is 5.41 Å². The lowest BCUT2D eigenvalue weighted by molar-refractivity contribution is -0.124. The molecule has 0 atom stereocenters. The highest BCUT2D eigenvalue weighted by molar-refractivity contribution is 7.99. The summed E-state index contributed by atoms with van der Waals surface area (Å²) in [4.78, 5) is 17.9. The van der Waals surface area contributed by atoms with Crippen molar-refractivity contribution in [2.75, 3.05) is 5.32 Å². The number of hydrogen-bond donors (Lipinski definition) is 1. The molecule has 1 amide bonds. The molecule has 1 fully saturated rings. The number of nitrogens with one attached hydrogen (secondary N) is 1. The summed E-state index contributed by atoms with van der Waals surface area (Å²) in [5.74, 6) is -0.172. The average Bonchev–Trinajstić information content (AvgIpc) is 3.02. The summed E-state index contributed by atoms with van der Waals surface area (Å²) in [6.07, 6.45) is 7.98. The van der Waals surface area contributed by atoms with Crippen LogP contribution in [0.25, 0.3) is 0 Å². The molecule has 0 spiro atoms. The first-order chi connectivity index (χ1) is 11.6. The van der Waals surface area contributed by atoms with E-state index in [0.717, 1.165) is 35.0 Å². The van der Waals surface area contributed by atoms with Crippen molar-refractivity contribution >= 4 is 23.4 Å². The number of aryl methyl sites for hydroxylation is 1. The maximum atomic E-state index is 12.6. The molecule has 5 nitrogen and oxygen atoms in total. The zero-order chi connectivity index (χ0) is 17.0. The Morgan fingerprint density at radius 2 is 2.00 bits per heavy atom. The topological polar surface area (TPSA) is 70.7 Å². The molecule has 2 aromatic rings. The van der Waals surface area contributed by atoms with Crippen LogP contribution in [0.5, 0.6) is 0 Å². The number of imidazole rings is 1. The van der Waals surface area contributed by atoms with E-state index in [1.54, 1.807) is 18.0 Å². The van der Waals surface area contributed by atoms with Crippen LogP contribution < -0.4 is 5.32 Å². The van der Waals surface area contributed by atoms with E-state index in [9.17, 15) is 10.1 Å². The summed E-state index contributed by atoms with van der Waals surface area (Å²) in [5.41, 5.74) is -0.136. The van der Waals surface area contributed by atoms with Gasteiger partial charge in [0.1, 0.15) is 5.41 Å². The number of anilines is 1. The van der Waals surface area contributed by atoms with Crippen LogP contribution in [0.1, 0.15) is 32.1 Å². The van der Waals surface area contributed by atoms with Gasteiger partial charge in [0.15, 0.2) is 5.16 Å². The minimum Gasteiger partial charge on any atom is -0.329 e. The Kier molecular flexibility index (Phi) is 4.91. The van der Waals surface area contributed by atoms with Gasteiger partial charge >= 0.3 is 0 Å². The van der Waals surface area contributed by atoms with Gasteiger partial charge < -0.3 is 9.88 Å². The number of aromatic nitrogens is 2. The standard InChI is InChI=1S/C18H20N4OS/c1-22-12-11-20-17(22)24-15-7-5-14(6-8-15)21-16(23)18(13-19)9-3-2-4-10-18/h5-8,11-12H,2-4,9-10H2,1H3,(H,21,23). The molecule has 1 aromatic carbocycles. The Morgan fingerprint density at radius 1 is 1.29 bits per heavy atom. The molecule has 1 saturated carbocycles. The van der Waals surface area contributed by atoms with E-state index in [1.165, 1.54) is 0 Å². The average molecular weight is 340 g/mol. The number of hydrogen-bond acceptors (Lipinski definition) is 4. The van der Waals surface area contributed by atoms with Crippen molar-refractivity contribution in [2.45, 2.75) is 42.2 Å². The summed E-state index contributed by atoms with van der Waals surface area (Å²) in [5, 5.41) is 13.3. The van der Waals surface area contributed by atoms with Gasteiger partial charge in [-0.15, -0.1) is 0 Å². The number of nitriles is 1. The fourth-order valence-corrected chi connectivity index (χ4v) is 3.76. The van der Waals surface area contributed by atoms with E-state index in [2.05, 4.69) is 16.4 Å². The first-order valence-electron chi connectivity index (χ1n) is 8.11. The summed E-state index contributed by atoms with van der Waals surface area (Å²) < 4.78 is 1.96. The first kappa shape index (κ1) is 16.6. The van der Waals surface area contributed by atoms with E-state index >= 15 is 0 Å². The fraction of sp³-hybridized carbons (Fsp3) is 0.389. The largest absolute Gasteiger partial charge is 0.329 e. The Balaban J connectivity index is 1.66. The SMILES string of the molecule is Cn1ccnc1Sc1ccc(NC(=O)C2(C#N)CCCCC2)cc1. The quantitative estimate of drug-likeness (QED) is 0.914. The molecular weight excluding hydrogens is 320 g/mol. The zero-order valence-electron chi connectivity index (χ0n) is 13.7. The van der Waals surface area contributed by atoms with E-state index in [4.69, 9.17) is 0 Å². The molecule has 124 valence electrons. The third kappa shape index (κ3) is 3.46. The lowest BCUT2D eigenvalue weighted by Crippen LogP contribution is -2.36. The second-order valence-corrected chi connectivity index (χ2v) is 7.20. The molecule has 1 heterocycles. The van der Waals surface area contributed by atoms with Gasteiger partial charge in [0, 0.05) is 30.0 Å². The van der Waals surface area contributed by atoms with Crippen molar-refractivity contribution in [1.29, 1.82) is 5.26 Å². The van der Waals surface area contributed by atoms with Crippen molar-refractivity contribution in [2.24, 2.45) is 12.5 Å². The van der Waals surface area contributed by atoms with E-state index in [1.807, 2.05) is 42.1 Å². The third-order valence-electron chi connectivity index (χ3n) is 4.45. The highest BCUT2D eigenvalue weighted by Crippen LogP contribution is 2.37. The summed E-state index contributed by atoms with van der Waals surface area (Å²) >= 11 is 1.57. The van der Waals surface area contributed by atoms with Crippen LogP contribution in [0, 0.1) is 16.7 Å². The minimum absolute atomic E-state index is 0.172. The Bertz CT molecular complexity index is 754. The van der Waals surface area contributed by atoms with Gasteiger partial charge in [0.2, 0.25) is 5.91 Å². The van der Waals surface area contributed by atoms with Crippen LogP contribution in [0.4, 0.5) is 5.69 Å². The summed E-state index contributed by atoms with van der Waals surface area (Å²) in [6, 6.07) is 9.91. The van der Waals surface area contributed by atoms with Crippen molar-refractivity contribution in [3.05, 3.63) is 36.7 Å². The minimum atomic E-state index is -0.862. The Hall–Kier alpha value is -2.26. The van der Waals surface area contributed by atoms with E-state index in [0.29, 0.717) is 12.8 Å². The van der Waals surface area contributed by atoms with Crippen molar-refractivity contribution in [1.82, 2.24) is 9.55 Å². The molecule has 24 heavy (non-hydrogen) atoms. The first-order valence-corrected chi connectivity index (χ1v) is 8.93. The molecule has 1 N–H and O–H groups in total. The second kappa shape index (κ2) is 7.10. The molecule has 0 saturated heterocycles. The Labute approximate surface area is 146 Å². The van der Waals surface area contributed by atoms with Gasteiger partial charge in [-0.1, -0.05) is 31.0 Å². The van der Waals surface area contributed by atoms with Crippen LogP contribution >= 0.6 is 11.8 Å². The number of nitrogens with zero attached hydrogens (tertiary/aromatic N) is 3. The lowest BCUT2D eigenvalue weighted by Gasteiger charge is -2.29. The normalized spacial score (nSPS) is 16.3. The van der Waals surface area contributed by atoms with Crippen molar-refractivity contribution in [3.63, 3.8) is 0 Å². The number of rotatable bonds is 4. The Morgan fingerprint density at radius 3 is 2.58 bits per heavy atom. The molecule has 0 aliphatic heterocycles. The highest BCUT2D eigenvalue weighted by Gasteiger charge is 2.39. The molecule has 0 radical (unpaired) electrons. The van der Waals surface area contributed by atoms with Gasteiger partial charge in [0.05, 0.1) is 6.07 Å². The molecule has 6 heteroatoms. The number of amides is 1. The molecule has 1 aromatic heterocycles. The predicted molar refractivity (Wildman–Crippen MR) is 93.5 cm³/mol. The highest BCUT2D eigenvalue weighted by atomic mass is 32.2.